The van der Waals surface area contributed by atoms with Gasteiger partial charge in [0.15, 0.2) is 5.78 Å². The molecule has 1 aliphatic heterocycles. The SMILES string of the molecule is CC1CCC(C2COC(C(=O)C3CCC(C)C(F)C3F)OC2)CC1. The highest BCUT2D eigenvalue weighted by Gasteiger charge is 2.45. The number of halogens is 2. The molecule has 4 atom stereocenters. The van der Waals surface area contributed by atoms with E-state index >= 15 is 0 Å². The molecule has 0 aromatic rings. The van der Waals surface area contributed by atoms with Crippen molar-refractivity contribution in [2.24, 2.45) is 29.6 Å². The molecular weight excluding hydrogens is 314 g/mol. The minimum atomic E-state index is -1.73. The molecule has 3 aliphatic rings. The topological polar surface area (TPSA) is 35.5 Å². The van der Waals surface area contributed by atoms with Crippen LogP contribution in [0.4, 0.5) is 8.78 Å². The first-order valence-corrected chi connectivity index (χ1v) is 9.52. The second kappa shape index (κ2) is 7.77. The van der Waals surface area contributed by atoms with Crippen LogP contribution >= 0.6 is 0 Å². The Bertz CT molecular complexity index is 428. The second-order valence-corrected chi connectivity index (χ2v) is 8.23. The molecule has 2 aliphatic carbocycles. The van der Waals surface area contributed by atoms with Crippen LogP contribution in [0.3, 0.4) is 0 Å². The standard InChI is InChI=1S/C19H30F2O3/c1-11-3-6-13(7-4-11)14-9-23-19(24-10-14)18(22)15-8-5-12(2)16(20)17(15)21/h11-17,19H,3-10H2,1-2H3. The van der Waals surface area contributed by atoms with Crippen LogP contribution in [-0.4, -0.2) is 37.6 Å². The largest absolute Gasteiger partial charge is 0.346 e. The predicted molar refractivity (Wildman–Crippen MR) is 87.0 cm³/mol. The van der Waals surface area contributed by atoms with Gasteiger partial charge in [-0.15, -0.1) is 0 Å². The van der Waals surface area contributed by atoms with E-state index in [1.54, 1.807) is 6.92 Å². The smallest absolute Gasteiger partial charge is 0.218 e. The van der Waals surface area contributed by atoms with E-state index < -0.39 is 30.3 Å². The van der Waals surface area contributed by atoms with E-state index in [2.05, 4.69) is 6.92 Å². The molecule has 0 N–H and O–H groups in total. The number of ether oxygens (including phenoxy) is 2. The molecule has 24 heavy (non-hydrogen) atoms. The highest BCUT2D eigenvalue weighted by molar-refractivity contribution is 5.85. The average Bonchev–Trinajstić information content (AvgIpc) is 2.60. The predicted octanol–water partition coefficient (Wildman–Crippen LogP) is 4.09. The van der Waals surface area contributed by atoms with Crippen molar-refractivity contribution in [3.8, 4) is 0 Å². The molecule has 0 aromatic heterocycles. The van der Waals surface area contributed by atoms with Crippen LogP contribution < -0.4 is 0 Å². The summed E-state index contributed by atoms with van der Waals surface area (Å²) in [6.07, 6.45) is 1.48. The Kier molecular flexibility index (Phi) is 5.91. The number of hydrogen-bond donors (Lipinski definition) is 0. The van der Waals surface area contributed by atoms with Crippen molar-refractivity contribution in [1.82, 2.24) is 0 Å². The fourth-order valence-electron chi connectivity index (χ4n) is 4.48. The first-order valence-electron chi connectivity index (χ1n) is 9.52. The Morgan fingerprint density at radius 2 is 1.46 bits per heavy atom. The van der Waals surface area contributed by atoms with Crippen molar-refractivity contribution < 1.29 is 23.0 Å². The Morgan fingerprint density at radius 3 is 2.08 bits per heavy atom. The zero-order chi connectivity index (χ0) is 17.3. The van der Waals surface area contributed by atoms with E-state index in [1.807, 2.05) is 0 Å². The number of rotatable bonds is 3. The van der Waals surface area contributed by atoms with Crippen molar-refractivity contribution in [1.29, 1.82) is 0 Å². The molecule has 3 nitrogen and oxygen atoms in total. The summed E-state index contributed by atoms with van der Waals surface area (Å²) in [4.78, 5) is 12.5. The quantitative estimate of drug-likeness (QED) is 0.773. The number of hydrogen-bond acceptors (Lipinski definition) is 3. The van der Waals surface area contributed by atoms with Crippen LogP contribution in [0.15, 0.2) is 0 Å². The zero-order valence-electron chi connectivity index (χ0n) is 14.8. The number of alkyl halides is 2. The van der Waals surface area contributed by atoms with Gasteiger partial charge in [0.2, 0.25) is 6.29 Å². The summed E-state index contributed by atoms with van der Waals surface area (Å²) in [5, 5.41) is 0. The molecule has 0 aromatic carbocycles. The summed E-state index contributed by atoms with van der Waals surface area (Å²) in [5.74, 6) is 0.0566. The summed E-state index contributed by atoms with van der Waals surface area (Å²) >= 11 is 0. The van der Waals surface area contributed by atoms with Crippen LogP contribution in [0, 0.1) is 29.6 Å². The molecule has 0 bridgehead atoms. The van der Waals surface area contributed by atoms with Gasteiger partial charge in [-0.3, -0.25) is 4.79 Å². The lowest BCUT2D eigenvalue weighted by Crippen LogP contribution is -2.48. The van der Waals surface area contributed by atoms with Gasteiger partial charge in [-0.1, -0.05) is 26.7 Å². The van der Waals surface area contributed by atoms with Crippen LogP contribution in [0.25, 0.3) is 0 Å². The summed E-state index contributed by atoms with van der Waals surface area (Å²) < 4.78 is 39.3. The monoisotopic (exact) mass is 344 g/mol. The van der Waals surface area contributed by atoms with E-state index in [9.17, 15) is 13.6 Å². The van der Waals surface area contributed by atoms with E-state index in [0.717, 1.165) is 5.92 Å². The molecule has 0 amide bonds. The van der Waals surface area contributed by atoms with E-state index in [4.69, 9.17) is 9.47 Å². The molecule has 1 saturated heterocycles. The molecule has 1 heterocycles. The van der Waals surface area contributed by atoms with Gasteiger partial charge >= 0.3 is 0 Å². The van der Waals surface area contributed by atoms with Gasteiger partial charge in [0.25, 0.3) is 0 Å². The maximum Gasteiger partial charge on any atom is 0.218 e. The Hall–Kier alpha value is -0.550. The average molecular weight is 344 g/mol. The number of ketones is 1. The molecule has 0 radical (unpaired) electrons. The lowest BCUT2D eigenvalue weighted by atomic mass is 9.76. The van der Waals surface area contributed by atoms with Gasteiger partial charge in [-0.05, 0) is 43.4 Å². The summed E-state index contributed by atoms with van der Waals surface area (Å²) in [6.45, 7) is 4.97. The third-order valence-corrected chi connectivity index (χ3v) is 6.41. The van der Waals surface area contributed by atoms with E-state index in [-0.39, 0.29) is 5.92 Å². The fraction of sp³-hybridized carbons (Fsp3) is 0.947. The number of carbonyl (C=O) groups excluding carboxylic acids is 1. The third-order valence-electron chi connectivity index (χ3n) is 6.41. The molecule has 138 valence electrons. The second-order valence-electron chi connectivity index (χ2n) is 8.23. The van der Waals surface area contributed by atoms with Crippen LogP contribution in [0.5, 0.6) is 0 Å². The lowest BCUT2D eigenvalue weighted by molar-refractivity contribution is -0.214. The highest BCUT2D eigenvalue weighted by Crippen LogP contribution is 2.37. The van der Waals surface area contributed by atoms with Crippen LogP contribution in [0.2, 0.25) is 0 Å². The van der Waals surface area contributed by atoms with E-state index in [0.29, 0.717) is 37.9 Å². The molecule has 4 unspecified atom stereocenters. The normalized spacial score (nSPS) is 47.3. The van der Waals surface area contributed by atoms with Crippen molar-refractivity contribution in [3.63, 3.8) is 0 Å². The molecule has 2 saturated carbocycles. The van der Waals surface area contributed by atoms with Crippen molar-refractivity contribution in [2.75, 3.05) is 13.2 Å². The van der Waals surface area contributed by atoms with Crippen LogP contribution in [0.1, 0.15) is 52.4 Å². The first kappa shape index (κ1) is 18.2. The Morgan fingerprint density at radius 1 is 0.833 bits per heavy atom. The molecule has 5 heteroatoms. The van der Waals surface area contributed by atoms with Gasteiger partial charge < -0.3 is 9.47 Å². The minimum Gasteiger partial charge on any atom is -0.346 e. The maximum absolute atomic E-state index is 14.2. The van der Waals surface area contributed by atoms with Crippen molar-refractivity contribution in [2.45, 2.75) is 71.0 Å². The third kappa shape index (κ3) is 3.82. The maximum atomic E-state index is 14.2. The molecule has 0 spiro atoms. The van der Waals surface area contributed by atoms with E-state index in [1.165, 1.54) is 25.7 Å². The summed E-state index contributed by atoms with van der Waals surface area (Å²) in [6, 6.07) is 0. The Labute approximate surface area is 143 Å². The first-order chi connectivity index (χ1) is 11.5. The highest BCUT2D eigenvalue weighted by atomic mass is 19.2. The summed E-state index contributed by atoms with van der Waals surface area (Å²) in [7, 11) is 0. The van der Waals surface area contributed by atoms with Gasteiger partial charge in [0.05, 0.1) is 19.1 Å². The zero-order valence-corrected chi connectivity index (χ0v) is 14.8. The van der Waals surface area contributed by atoms with Gasteiger partial charge in [0, 0.05) is 5.92 Å². The Balaban J connectivity index is 1.50. The number of carbonyl (C=O) groups is 1. The fourth-order valence-corrected chi connectivity index (χ4v) is 4.48. The van der Waals surface area contributed by atoms with Crippen molar-refractivity contribution >= 4 is 5.78 Å². The number of Topliss-reactive ketones (excluding diaryl/α,β-unsaturated/α-hetero) is 1. The lowest BCUT2D eigenvalue weighted by Gasteiger charge is -2.38. The van der Waals surface area contributed by atoms with Crippen molar-refractivity contribution in [3.05, 3.63) is 0 Å². The van der Waals surface area contributed by atoms with Crippen LogP contribution in [-0.2, 0) is 14.3 Å². The minimum absolute atomic E-state index is 0.322. The van der Waals surface area contributed by atoms with Gasteiger partial charge in [-0.2, -0.15) is 0 Å². The molecule has 3 fully saturated rings. The van der Waals surface area contributed by atoms with Gasteiger partial charge in [0.1, 0.15) is 12.3 Å². The molecule has 3 rings (SSSR count). The summed E-state index contributed by atoms with van der Waals surface area (Å²) in [5.41, 5.74) is 0. The molecular formula is C19H30F2O3. The van der Waals surface area contributed by atoms with Gasteiger partial charge in [-0.25, -0.2) is 8.78 Å².